The molecule has 0 amide bonds. The van der Waals surface area contributed by atoms with Crippen molar-refractivity contribution in [2.45, 2.75) is 0 Å². The van der Waals surface area contributed by atoms with Crippen molar-refractivity contribution in [1.29, 1.82) is 0 Å². The average molecular weight is 276 g/mol. The van der Waals surface area contributed by atoms with Gasteiger partial charge in [-0.1, -0.05) is 18.2 Å². The van der Waals surface area contributed by atoms with Crippen LogP contribution in [0.15, 0.2) is 35.7 Å². The summed E-state index contributed by atoms with van der Waals surface area (Å²) >= 11 is 1.49. The number of thiophene rings is 1. The van der Waals surface area contributed by atoms with Crippen LogP contribution in [-0.4, -0.2) is 26.2 Å². The molecule has 0 N–H and O–H groups in total. The monoisotopic (exact) mass is 276 g/mol. The fourth-order valence-corrected chi connectivity index (χ4v) is 2.55. The van der Waals surface area contributed by atoms with Gasteiger partial charge in [0.25, 0.3) is 0 Å². The normalized spacial score (nSPS) is 10.0. The highest BCUT2D eigenvalue weighted by Crippen LogP contribution is 2.30. The van der Waals surface area contributed by atoms with Crippen molar-refractivity contribution < 1.29 is 19.1 Å². The van der Waals surface area contributed by atoms with Crippen molar-refractivity contribution in [3.05, 3.63) is 46.8 Å². The van der Waals surface area contributed by atoms with Gasteiger partial charge in [0.15, 0.2) is 0 Å². The molecule has 1 heterocycles. The number of carbonyl (C=O) groups excluding carboxylic acids is 2. The quantitative estimate of drug-likeness (QED) is 0.809. The fourth-order valence-electron chi connectivity index (χ4n) is 1.79. The highest BCUT2D eigenvalue weighted by atomic mass is 32.1. The Kier molecular flexibility index (Phi) is 3.97. The van der Waals surface area contributed by atoms with Crippen LogP contribution < -0.4 is 0 Å². The lowest BCUT2D eigenvalue weighted by molar-refractivity contribution is 0.0556. The molecule has 1 aromatic heterocycles. The van der Waals surface area contributed by atoms with Gasteiger partial charge in [-0.05, 0) is 17.5 Å². The summed E-state index contributed by atoms with van der Waals surface area (Å²) in [5.74, 6) is -1.11. The van der Waals surface area contributed by atoms with E-state index in [0.717, 1.165) is 4.88 Å². The summed E-state index contributed by atoms with van der Waals surface area (Å²) < 4.78 is 9.47. The molecule has 0 saturated heterocycles. The Bertz CT molecular complexity index is 602. The van der Waals surface area contributed by atoms with E-state index >= 15 is 0 Å². The zero-order valence-corrected chi connectivity index (χ0v) is 11.3. The van der Waals surface area contributed by atoms with Crippen LogP contribution in [-0.2, 0) is 9.47 Å². The molecule has 0 fully saturated rings. The number of rotatable bonds is 3. The maximum absolute atomic E-state index is 11.9. The lowest BCUT2D eigenvalue weighted by Crippen LogP contribution is -2.13. The summed E-state index contributed by atoms with van der Waals surface area (Å²) in [7, 11) is 2.57. The number of carbonyl (C=O) groups is 2. The average Bonchev–Trinajstić information content (AvgIpc) is 2.98. The molecule has 0 unspecified atom stereocenters. The molecule has 0 bridgehead atoms. The van der Waals surface area contributed by atoms with E-state index in [2.05, 4.69) is 0 Å². The first-order chi connectivity index (χ1) is 9.19. The van der Waals surface area contributed by atoms with Gasteiger partial charge in [0.2, 0.25) is 0 Å². The third-order valence-electron chi connectivity index (χ3n) is 2.65. The Morgan fingerprint density at radius 1 is 1.00 bits per heavy atom. The van der Waals surface area contributed by atoms with E-state index in [1.165, 1.54) is 25.6 Å². The largest absolute Gasteiger partial charge is 0.465 e. The van der Waals surface area contributed by atoms with Gasteiger partial charge in [0, 0.05) is 10.4 Å². The summed E-state index contributed by atoms with van der Waals surface area (Å²) in [6.07, 6.45) is 0. The molecule has 2 rings (SSSR count). The molecule has 4 nitrogen and oxygen atoms in total. The molecule has 0 spiro atoms. The van der Waals surface area contributed by atoms with Gasteiger partial charge in [0.05, 0.1) is 25.3 Å². The zero-order chi connectivity index (χ0) is 13.8. The molecule has 19 heavy (non-hydrogen) atoms. The highest BCUT2D eigenvalue weighted by molar-refractivity contribution is 7.13. The van der Waals surface area contributed by atoms with E-state index < -0.39 is 11.9 Å². The molecule has 98 valence electrons. The van der Waals surface area contributed by atoms with Crippen molar-refractivity contribution in [2.75, 3.05) is 14.2 Å². The predicted molar refractivity (Wildman–Crippen MR) is 72.4 cm³/mol. The molecule has 0 aliphatic heterocycles. The Balaban J connectivity index is 2.67. The molecule has 0 atom stereocenters. The molecular formula is C14H12O4S. The number of hydrogen-bond donors (Lipinski definition) is 0. The summed E-state index contributed by atoms with van der Waals surface area (Å²) in [6.45, 7) is 0. The molecule has 1 aromatic carbocycles. The molecule has 5 heteroatoms. The first-order valence-corrected chi connectivity index (χ1v) is 6.40. The van der Waals surface area contributed by atoms with Gasteiger partial charge in [-0.25, -0.2) is 9.59 Å². The molecule has 0 aliphatic carbocycles. The lowest BCUT2D eigenvalue weighted by atomic mass is 10.00. The van der Waals surface area contributed by atoms with E-state index in [4.69, 9.17) is 9.47 Å². The van der Waals surface area contributed by atoms with Crippen LogP contribution in [0.2, 0.25) is 0 Å². The minimum Gasteiger partial charge on any atom is -0.465 e. The lowest BCUT2D eigenvalue weighted by Gasteiger charge is -2.10. The second-order valence-electron chi connectivity index (χ2n) is 3.69. The number of ether oxygens (including phenoxy) is 2. The minimum absolute atomic E-state index is 0.209. The maximum atomic E-state index is 11.9. The number of benzene rings is 1. The van der Waals surface area contributed by atoms with E-state index in [1.54, 1.807) is 18.2 Å². The van der Waals surface area contributed by atoms with Crippen molar-refractivity contribution >= 4 is 23.3 Å². The second kappa shape index (κ2) is 5.67. The smallest absolute Gasteiger partial charge is 0.339 e. The molecule has 0 aliphatic rings. The van der Waals surface area contributed by atoms with Crippen molar-refractivity contribution in [3.8, 4) is 10.4 Å². The van der Waals surface area contributed by atoms with Crippen LogP contribution in [0.4, 0.5) is 0 Å². The zero-order valence-electron chi connectivity index (χ0n) is 10.5. The first-order valence-electron chi connectivity index (χ1n) is 5.52. The van der Waals surface area contributed by atoms with Gasteiger partial charge >= 0.3 is 11.9 Å². The summed E-state index contributed by atoms with van der Waals surface area (Å²) in [5.41, 5.74) is 1.12. The topological polar surface area (TPSA) is 52.6 Å². The summed E-state index contributed by atoms with van der Waals surface area (Å²) in [4.78, 5) is 24.6. The summed E-state index contributed by atoms with van der Waals surface area (Å²) in [5, 5.41) is 1.90. The number of hydrogen-bond acceptors (Lipinski definition) is 5. The second-order valence-corrected chi connectivity index (χ2v) is 4.64. The van der Waals surface area contributed by atoms with Gasteiger partial charge in [0.1, 0.15) is 0 Å². The third-order valence-corrected chi connectivity index (χ3v) is 3.55. The van der Waals surface area contributed by atoms with Gasteiger partial charge in [-0.3, -0.25) is 0 Å². The van der Waals surface area contributed by atoms with Gasteiger partial charge < -0.3 is 9.47 Å². The van der Waals surface area contributed by atoms with E-state index in [9.17, 15) is 9.59 Å². The van der Waals surface area contributed by atoms with Crippen LogP contribution in [0.1, 0.15) is 20.7 Å². The molecule has 0 saturated carbocycles. The Labute approximate surface area is 114 Å². The maximum Gasteiger partial charge on any atom is 0.339 e. The van der Waals surface area contributed by atoms with E-state index in [-0.39, 0.29) is 11.1 Å². The van der Waals surface area contributed by atoms with Crippen LogP contribution >= 0.6 is 11.3 Å². The van der Waals surface area contributed by atoms with Gasteiger partial charge in [-0.2, -0.15) is 0 Å². The fraction of sp³-hybridized carbons (Fsp3) is 0.143. The van der Waals surface area contributed by atoms with Gasteiger partial charge in [-0.15, -0.1) is 11.3 Å². The first kappa shape index (κ1) is 13.3. The molecular weight excluding hydrogens is 264 g/mol. The van der Waals surface area contributed by atoms with Crippen LogP contribution in [0.3, 0.4) is 0 Å². The summed E-state index contributed by atoms with van der Waals surface area (Å²) in [6, 6.07) is 8.81. The minimum atomic E-state index is -0.557. The van der Waals surface area contributed by atoms with E-state index in [1.807, 2.05) is 17.5 Å². The van der Waals surface area contributed by atoms with Crippen LogP contribution in [0.5, 0.6) is 0 Å². The van der Waals surface area contributed by atoms with Crippen molar-refractivity contribution in [1.82, 2.24) is 0 Å². The Morgan fingerprint density at radius 3 is 2.32 bits per heavy atom. The number of esters is 2. The SMILES string of the molecule is COC(=O)c1cccc(-c2cccs2)c1C(=O)OC. The van der Waals surface area contributed by atoms with Crippen molar-refractivity contribution in [3.63, 3.8) is 0 Å². The number of methoxy groups -OCH3 is 2. The van der Waals surface area contributed by atoms with E-state index in [0.29, 0.717) is 5.56 Å². The predicted octanol–water partition coefficient (Wildman–Crippen LogP) is 2.99. The Morgan fingerprint density at radius 2 is 1.74 bits per heavy atom. The van der Waals surface area contributed by atoms with Crippen LogP contribution in [0, 0.1) is 0 Å². The standard InChI is InChI=1S/C14H12O4S/c1-17-13(15)10-6-3-5-9(11-7-4-8-19-11)12(10)14(16)18-2/h3-8H,1-2H3. The van der Waals surface area contributed by atoms with Crippen molar-refractivity contribution in [2.24, 2.45) is 0 Å². The third kappa shape index (κ3) is 2.51. The Hall–Kier alpha value is -2.14. The molecule has 2 aromatic rings. The molecule has 0 radical (unpaired) electrons. The van der Waals surface area contributed by atoms with Crippen LogP contribution in [0.25, 0.3) is 10.4 Å². The highest BCUT2D eigenvalue weighted by Gasteiger charge is 2.23.